The molecule has 0 saturated heterocycles. The Bertz CT molecular complexity index is 735. The SMILES string of the molecule is CN=C(NCCc1ccc(OC)c(OC)c1)NCCc1ccccc1F. The highest BCUT2D eigenvalue weighted by Crippen LogP contribution is 2.27. The van der Waals surface area contributed by atoms with Gasteiger partial charge in [0, 0.05) is 20.1 Å². The van der Waals surface area contributed by atoms with Crippen molar-refractivity contribution >= 4 is 5.96 Å². The van der Waals surface area contributed by atoms with Crippen LogP contribution < -0.4 is 20.1 Å². The molecule has 6 heteroatoms. The summed E-state index contributed by atoms with van der Waals surface area (Å²) in [6.45, 7) is 1.33. The molecule has 0 aliphatic rings. The van der Waals surface area contributed by atoms with E-state index in [1.165, 1.54) is 6.07 Å². The highest BCUT2D eigenvalue weighted by Gasteiger charge is 2.05. The van der Waals surface area contributed by atoms with E-state index in [0.717, 1.165) is 30.0 Å². The number of ether oxygens (including phenoxy) is 2. The molecule has 0 fully saturated rings. The fourth-order valence-corrected chi connectivity index (χ4v) is 2.60. The molecule has 0 saturated carbocycles. The van der Waals surface area contributed by atoms with E-state index < -0.39 is 0 Å². The molecule has 140 valence electrons. The molecule has 0 aliphatic carbocycles. The number of hydrogen-bond donors (Lipinski definition) is 2. The standard InChI is InChI=1S/C20H26FN3O2/c1-22-20(24-13-11-16-6-4-5-7-17(16)21)23-12-10-15-8-9-18(25-2)19(14-15)26-3/h4-9,14H,10-13H2,1-3H3,(H2,22,23,24). The third-order valence-corrected chi connectivity index (χ3v) is 4.02. The molecule has 0 aliphatic heterocycles. The fourth-order valence-electron chi connectivity index (χ4n) is 2.60. The number of methoxy groups -OCH3 is 2. The van der Waals surface area contributed by atoms with E-state index in [4.69, 9.17) is 9.47 Å². The molecule has 2 aromatic carbocycles. The maximum Gasteiger partial charge on any atom is 0.190 e. The van der Waals surface area contributed by atoms with Gasteiger partial charge in [-0.3, -0.25) is 4.99 Å². The van der Waals surface area contributed by atoms with E-state index in [0.29, 0.717) is 24.5 Å². The molecule has 0 spiro atoms. The number of nitrogens with one attached hydrogen (secondary N) is 2. The molecule has 26 heavy (non-hydrogen) atoms. The second-order valence-electron chi connectivity index (χ2n) is 5.71. The highest BCUT2D eigenvalue weighted by molar-refractivity contribution is 5.79. The lowest BCUT2D eigenvalue weighted by Crippen LogP contribution is -2.39. The van der Waals surface area contributed by atoms with E-state index in [9.17, 15) is 4.39 Å². The summed E-state index contributed by atoms with van der Waals surface area (Å²) >= 11 is 0. The smallest absolute Gasteiger partial charge is 0.190 e. The fraction of sp³-hybridized carbons (Fsp3) is 0.350. The highest BCUT2D eigenvalue weighted by atomic mass is 19.1. The van der Waals surface area contributed by atoms with Crippen molar-refractivity contribution < 1.29 is 13.9 Å². The lowest BCUT2D eigenvalue weighted by atomic mass is 10.1. The first-order chi connectivity index (χ1) is 12.7. The second kappa shape index (κ2) is 10.3. The van der Waals surface area contributed by atoms with Crippen LogP contribution in [0, 0.1) is 5.82 Å². The van der Waals surface area contributed by atoms with Crippen molar-refractivity contribution in [3.63, 3.8) is 0 Å². The topological polar surface area (TPSA) is 54.9 Å². The zero-order valence-corrected chi connectivity index (χ0v) is 15.5. The summed E-state index contributed by atoms with van der Waals surface area (Å²) in [7, 11) is 4.96. The number of rotatable bonds is 8. The van der Waals surface area contributed by atoms with Crippen LogP contribution in [0.3, 0.4) is 0 Å². The number of halogens is 1. The molecule has 0 aromatic heterocycles. The third-order valence-electron chi connectivity index (χ3n) is 4.02. The van der Waals surface area contributed by atoms with Crippen LogP contribution in [0.15, 0.2) is 47.5 Å². The van der Waals surface area contributed by atoms with Gasteiger partial charge in [-0.1, -0.05) is 24.3 Å². The minimum Gasteiger partial charge on any atom is -0.493 e. The Morgan fingerprint density at radius 1 is 0.962 bits per heavy atom. The zero-order valence-electron chi connectivity index (χ0n) is 15.5. The van der Waals surface area contributed by atoms with Gasteiger partial charge in [0.05, 0.1) is 14.2 Å². The summed E-state index contributed by atoms with van der Waals surface area (Å²) in [5, 5.41) is 6.46. The van der Waals surface area contributed by atoms with E-state index in [2.05, 4.69) is 15.6 Å². The molecule has 0 heterocycles. The molecule has 0 unspecified atom stereocenters. The predicted octanol–water partition coefficient (Wildman–Crippen LogP) is 2.79. The first-order valence-corrected chi connectivity index (χ1v) is 8.56. The minimum atomic E-state index is -0.175. The Morgan fingerprint density at radius 2 is 1.65 bits per heavy atom. The third kappa shape index (κ3) is 5.65. The summed E-state index contributed by atoms with van der Waals surface area (Å²) in [5.74, 6) is 1.96. The molecular weight excluding hydrogens is 333 g/mol. The van der Waals surface area contributed by atoms with Crippen molar-refractivity contribution in [2.24, 2.45) is 4.99 Å². The lowest BCUT2D eigenvalue weighted by Gasteiger charge is -2.13. The van der Waals surface area contributed by atoms with E-state index in [-0.39, 0.29) is 5.82 Å². The molecule has 2 N–H and O–H groups in total. The van der Waals surface area contributed by atoms with Crippen LogP contribution in [0.1, 0.15) is 11.1 Å². The monoisotopic (exact) mass is 359 g/mol. The Morgan fingerprint density at radius 3 is 2.31 bits per heavy atom. The Kier molecular flexibility index (Phi) is 7.74. The van der Waals surface area contributed by atoms with Gasteiger partial charge in [0.1, 0.15) is 5.82 Å². The van der Waals surface area contributed by atoms with Gasteiger partial charge >= 0.3 is 0 Å². The number of aliphatic imine (C=N–C) groups is 1. The number of nitrogens with zero attached hydrogens (tertiary/aromatic N) is 1. The summed E-state index contributed by atoms with van der Waals surface area (Å²) in [6, 6.07) is 12.7. The molecule has 0 radical (unpaired) electrons. The van der Waals surface area contributed by atoms with Crippen molar-refractivity contribution in [1.29, 1.82) is 0 Å². The van der Waals surface area contributed by atoms with Crippen LogP contribution in [-0.4, -0.2) is 40.3 Å². The molecule has 2 rings (SSSR count). The average Bonchev–Trinajstić information content (AvgIpc) is 2.68. The van der Waals surface area contributed by atoms with Crippen molar-refractivity contribution in [2.45, 2.75) is 12.8 Å². The maximum atomic E-state index is 13.6. The normalized spacial score (nSPS) is 11.2. The quantitative estimate of drug-likeness (QED) is 0.562. The summed E-state index contributed by atoms with van der Waals surface area (Å²) < 4.78 is 24.2. The Hall–Kier alpha value is -2.76. The van der Waals surface area contributed by atoms with Crippen molar-refractivity contribution in [3.05, 3.63) is 59.4 Å². The second-order valence-corrected chi connectivity index (χ2v) is 5.71. The van der Waals surface area contributed by atoms with Crippen LogP contribution in [-0.2, 0) is 12.8 Å². The number of benzene rings is 2. The molecule has 5 nitrogen and oxygen atoms in total. The van der Waals surface area contributed by atoms with E-state index in [1.54, 1.807) is 33.4 Å². The number of guanidine groups is 1. The largest absolute Gasteiger partial charge is 0.493 e. The van der Waals surface area contributed by atoms with Crippen molar-refractivity contribution in [3.8, 4) is 11.5 Å². The van der Waals surface area contributed by atoms with Crippen LogP contribution in [0.4, 0.5) is 4.39 Å². The summed E-state index contributed by atoms with van der Waals surface area (Å²) in [6.07, 6.45) is 1.41. The predicted molar refractivity (Wildman–Crippen MR) is 103 cm³/mol. The van der Waals surface area contributed by atoms with Gasteiger partial charge in [-0.2, -0.15) is 0 Å². The van der Waals surface area contributed by atoms with Crippen LogP contribution in [0.5, 0.6) is 11.5 Å². The Labute approximate surface area is 154 Å². The molecule has 0 amide bonds. The van der Waals surface area contributed by atoms with Crippen LogP contribution in [0.25, 0.3) is 0 Å². The van der Waals surface area contributed by atoms with Gasteiger partial charge < -0.3 is 20.1 Å². The molecular formula is C20H26FN3O2. The Balaban J connectivity index is 1.77. The zero-order chi connectivity index (χ0) is 18.8. The van der Waals surface area contributed by atoms with Crippen LogP contribution >= 0.6 is 0 Å². The molecule has 0 bridgehead atoms. The van der Waals surface area contributed by atoms with Gasteiger partial charge in [-0.05, 0) is 42.2 Å². The van der Waals surface area contributed by atoms with E-state index >= 15 is 0 Å². The number of hydrogen-bond acceptors (Lipinski definition) is 3. The van der Waals surface area contributed by atoms with Gasteiger partial charge in [0.15, 0.2) is 17.5 Å². The summed E-state index contributed by atoms with van der Waals surface area (Å²) in [4.78, 5) is 4.19. The van der Waals surface area contributed by atoms with Crippen molar-refractivity contribution in [1.82, 2.24) is 10.6 Å². The molecule has 0 atom stereocenters. The maximum absolute atomic E-state index is 13.6. The van der Waals surface area contributed by atoms with Gasteiger partial charge in [-0.25, -0.2) is 4.39 Å². The van der Waals surface area contributed by atoms with Gasteiger partial charge in [0.25, 0.3) is 0 Å². The lowest BCUT2D eigenvalue weighted by molar-refractivity contribution is 0.354. The van der Waals surface area contributed by atoms with Crippen molar-refractivity contribution in [2.75, 3.05) is 34.4 Å². The summed E-state index contributed by atoms with van der Waals surface area (Å²) in [5.41, 5.74) is 1.83. The first kappa shape index (κ1) is 19.6. The molecule has 2 aromatic rings. The first-order valence-electron chi connectivity index (χ1n) is 8.56. The van der Waals surface area contributed by atoms with Crippen LogP contribution in [0.2, 0.25) is 0 Å². The van der Waals surface area contributed by atoms with Gasteiger partial charge in [-0.15, -0.1) is 0 Å². The average molecular weight is 359 g/mol. The van der Waals surface area contributed by atoms with E-state index in [1.807, 2.05) is 24.3 Å². The minimum absolute atomic E-state index is 0.175. The van der Waals surface area contributed by atoms with Gasteiger partial charge in [0.2, 0.25) is 0 Å².